The molecular weight excluding hydrogens is 262 g/mol. The summed E-state index contributed by atoms with van der Waals surface area (Å²) in [4.78, 5) is 10.3. The monoisotopic (exact) mass is 277 g/mol. The lowest BCUT2D eigenvalue weighted by molar-refractivity contribution is -0.122. The van der Waals surface area contributed by atoms with Crippen LogP contribution in [0.2, 0.25) is 0 Å². The second kappa shape index (κ2) is 6.50. The number of hydrogen-bond acceptors (Lipinski definition) is 6. The number of carbonyl (C=O) groups excluding carboxylic acids is 1. The molecule has 0 bridgehead atoms. The topological polar surface area (TPSA) is 138 Å². The SMILES string of the molecule is NC(=O)COCCNCc1ccc(S(N)(=O)=O)o1. The molecule has 1 heterocycles. The number of nitrogens with two attached hydrogens (primary N) is 2. The van der Waals surface area contributed by atoms with Gasteiger partial charge in [-0.1, -0.05) is 0 Å². The van der Waals surface area contributed by atoms with Crippen LogP contribution < -0.4 is 16.2 Å². The molecule has 5 N–H and O–H groups in total. The van der Waals surface area contributed by atoms with Gasteiger partial charge >= 0.3 is 0 Å². The highest BCUT2D eigenvalue weighted by atomic mass is 32.2. The summed E-state index contributed by atoms with van der Waals surface area (Å²) in [5.74, 6) is -0.0900. The van der Waals surface area contributed by atoms with Gasteiger partial charge < -0.3 is 20.2 Å². The van der Waals surface area contributed by atoms with Crippen molar-refractivity contribution in [2.45, 2.75) is 11.6 Å². The molecule has 8 nitrogen and oxygen atoms in total. The molecule has 0 aliphatic heterocycles. The number of hydrogen-bond donors (Lipinski definition) is 3. The fraction of sp³-hybridized carbons (Fsp3) is 0.444. The standard InChI is InChI=1S/C9H15N3O5S/c10-8(13)6-16-4-3-12-5-7-1-2-9(17-7)18(11,14)15/h1-2,12H,3-6H2,(H2,10,13)(H2,11,14,15). The minimum absolute atomic E-state index is 0.127. The van der Waals surface area contributed by atoms with Crippen molar-refractivity contribution in [1.82, 2.24) is 5.32 Å². The van der Waals surface area contributed by atoms with Gasteiger partial charge in [0.15, 0.2) is 0 Å². The Morgan fingerprint density at radius 2 is 2.17 bits per heavy atom. The van der Waals surface area contributed by atoms with E-state index >= 15 is 0 Å². The molecular formula is C9H15N3O5S. The van der Waals surface area contributed by atoms with Crippen molar-refractivity contribution >= 4 is 15.9 Å². The van der Waals surface area contributed by atoms with Crippen molar-refractivity contribution in [3.8, 4) is 0 Å². The number of carbonyl (C=O) groups is 1. The van der Waals surface area contributed by atoms with Crippen LogP contribution in [0.25, 0.3) is 0 Å². The number of rotatable bonds is 8. The molecule has 0 saturated heterocycles. The molecule has 0 fully saturated rings. The lowest BCUT2D eigenvalue weighted by Crippen LogP contribution is -2.23. The Bertz CT molecular complexity index is 496. The third-order valence-corrected chi connectivity index (χ3v) is 2.66. The van der Waals surface area contributed by atoms with E-state index in [9.17, 15) is 13.2 Å². The van der Waals surface area contributed by atoms with E-state index in [1.54, 1.807) is 0 Å². The third kappa shape index (κ3) is 5.27. The zero-order chi connectivity index (χ0) is 13.6. The zero-order valence-electron chi connectivity index (χ0n) is 9.59. The highest BCUT2D eigenvalue weighted by Gasteiger charge is 2.12. The largest absolute Gasteiger partial charge is 0.447 e. The highest BCUT2D eigenvalue weighted by molar-refractivity contribution is 7.89. The molecule has 102 valence electrons. The van der Waals surface area contributed by atoms with Gasteiger partial charge in [-0.15, -0.1) is 0 Å². The van der Waals surface area contributed by atoms with E-state index in [1.807, 2.05) is 0 Å². The molecule has 0 aromatic carbocycles. The smallest absolute Gasteiger partial charge is 0.271 e. The number of furan rings is 1. The van der Waals surface area contributed by atoms with E-state index in [2.05, 4.69) is 5.32 Å². The van der Waals surface area contributed by atoms with Gasteiger partial charge in [0.05, 0.1) is 13.2 Å². The van der Waals surface area contributed by atoms with Crippen molar-refractivity contribution in [2.75, 3.05) is 19.8 Å². The molecule has 0 aliphatic carbocycles. The van der Waals surface area contributed by atoms with Crippen molar-refractivity contribution in [2.24, 2.45) is 10.9 Å². The summed E-state index contributed by atoms with van der Waals surface area (Å²) < 4.78 is 31.8. The first-order chi connectivity index (χ1) is 8.39. The summed E-state index contributed by atoms with van der Waals surface area (Å²) in [7, 11) is -3.80. The quantitative estimate of drug-likeness (QED) is 0.495. The van der Waals surface area contributed by atoms with Gasteiger partial charge in [-0.2, -0.15) is 0 Å². The van der Waals surface area contributed by atoms with E-state index in [4.69, 9.17) is 20.0 Å². The Balaban J connectivity index is 2.24. The fourth-order valence-corrected chi connectivity index (χ4v) is 1.62. The molecule has 0 unspecified atom stereocenters. The summed E-state index contributed by atoms with van der Waals surface area (Å²) >= 11 is 0. The number of primary amides is 1. The van der Waals surface area contributed by atoms with Gasteiger partial charge in [0.2, 0.25) is 11.0 Å². The molecule has 1 aromatic heterocycles. The maximum absolute atomic E-state index is 10.9. The van der Waals surface area contributed by atoms with Crippen LogP contribution in [0.3, 0.4) is 0 Å². The minimum Gasteiger partial charge on any atom is -0.447 e. The molecule has 0 radical (unpaired) electrons. The van der Waals surface area contributed by atoms with E-state index in [0.717, 1.165) is 0 Å². The minimum atomic E-state index is -3.80. The van der Waals surface area contributed by atoms with Gasteiger partial charge in [-0.25, -0.2) is 13.6 Å². The summed E-state index contributed by atoms with van der Waals surface area (Å²) in [6, 6.07) is 2.80. The van der Waals surface area contributed by atoms with E-state index < -0.39 is 15.9 Å². The van der Waals surface area contributed by atoms with Crippen molar-refractivity contribution in [1.29, 1.82) is 0 Å². The van der Waals surface area contributed by atoms with Gasteiger partial charge in [0, 0.05) is 6.54 Å². The van der Waals surface area contributed by atoms with Gasteiger partial charge in [0.25, 0.3) is 10.0 Å². The first-order valence-electron chi connectivity index (χ1n) is 5.08. The first-order valence-corrected chi connectivity index (χ1v) is 6.62. The Kier molecular flexibility index (Phi) is 5.28. The van der Waals surface area contributed by atoms with Crippen molar-refractivity contribution in [3.63, 3.8) is 0 Å². The summed E-state index contributed by atoms with van der Waals surface area (Å²) in [6.45, 7) is 0.984. The van der Waals surface area contributed by atoms with Crippen molar-refractivity contribution in [3.05, 3.63) is 17.9 Å². The van der Waals surface area contributed by atoms with E-state index in [1.165, 1.54) is 12.1 Å². The van der Waals surface area contributed by atoms with E-state index in [-0.39, 0.29) is 11.7 Å². The van der Waals surface area contributed by atoms with Crippen molar-refractivity contribution < 1.29 is 22.4 Å². The number of amides is 1. The van der Waals surface area contributed by atoms with Crippen LogP contribution in [0.15, 0.2) is 21.6 Å². The summed E-state index contributed by atoms with van der Waals surface area (Å²) in [5.41, 5.74) is 4.87. The number of ether oxygens (including phenoxy) is 1. The van der Waals surface area contributed by atoms with Crippen LogP contribution in [0, 0.1) is 0 Å². The average Bonchev–Trinajstić information content (AvgIpc) is 2.71. The number of sulfonamides is 1. The molecule has 1 rings (SSSR count). The predicted octanol–water partition coefficient (Wildman–Crippen LogP) is -1.48. The van der Waals surface area contributed by atoms with Crippen LogP contribution in [0.5, 0.6) is 0 Å². The Hall–Kier alpha value is -1.42. The predicted molar refractivity (Wildman–Crippen MR) is 61.8 cm³/mol. The molecule has 0 aliphatic rings. The van der Waals surface area contributed by atoms with Crippen LogP contribution in [0.1, 0.15) is 5.76 Å². The third-order valence-electron chi connectivity index (χ3n) is 1.88. The molecule has 0 saturated carbocycles. The van der Waals surface area contributed by atoms with Gasteiger partial charge in [-0.3, -0.25) is 4.79 Å². The lowest BCUT2D eigenvalue weighted by atomic mass is 10.4. The Morgan fingerprint density at radius 3 is 2.72 bits per heavy atom. The molecule has 18 heavy (non-hydrogen) atoms. The number of primary sulfonamides is 1. The normalized spacial score (nSPS) is 11.6. The maximum Gasteiger partial charge on any atom is 0.271 e. The zero-order valence-corrected chi connectivity index (χ0v) is 10.4. The average molecular weight is 277 g/mol. The fourth-order valence-electron chi connectivity index (χ4n) is 1.13. The highest BCUT2D eigenvalue weighted by Crippen LogP contribution is 2.11. The van der Waals surface area contributed by atoms with Crippen LogP contribution in [-0.2, 0) is 26.1 Å². The second-order valence-electron chi connectivity index (χ2n) is 3.46. The Morgan fingerprint density at radius 1 is 1.44 bits per heavy atom. The number of nitrogens with one attached hydrogen (secondary N) is 1. The van der Waals surface area contributed by atoms with Crippen LogP contribution in [0.4, 0.5) is 0 Å². The van der Waals surface area contributed by atoms with Crippen LogP contribution >= 0.6 is 0 Å². The maximum atomic E-state index is 10.9. The summed E-state index contributed by atoms with van der Waals surface area (Å²) in [5, 5.41) is 7.55. The van der Waals surface area contributed by atoms with E-state index in [0.29, 0.717) is 25.5 Å². The lowest BCUT2D eigenvalue weighted by Gasteiger charge is -2.03. The summed E-state index contributed by atoms with van der Waals surface area (Å²) in [6.07, 6.45) is 0. The molecule has 0 spiro atoms. The molecule has 1 amide bonds. The molecule has 1 aromatic rings. The molecule has 0 atom stereocenters. The Labute approximate surface area is 104 Å². The second-order valence-corrected chi connectivity index (χ2v) is 4.95. The van der Waals surface area contributed by atoms with Crippen LogP contribution in [-0.4, -0.2) is 34.1 Å². The van der Waals surface area contributed by atoms with Gasteiger partial charge in [0.1, 0.15) is 12.4 Å². The van der Waals surface area contributed by atoms with Gasteiger partial charge in [-0.05, 0) is 12.1 Å². The first kappa shape index (κ1) is 14.6. The molecule has 9 heteroatoms.